The van der Waals surface area contributed by atoms with Crippen LogP contribution in [-0.2, 0) is 6.54 Å². The number of hydrogen-bond acceptors (Lipinski definition) is 3. The zero-order chi connectivity index (χ0) is 14.1. The van der Waals surface area contributed by atoms with Gasteiger partial charge in [-0.3, -0.25) is 14.9 Å². The molecule has 0 unspecified atom stereocenters. The summed E-state index contributed by atoms with van der Waals surface area (Å²) in [4.78, 5) is 10.9. The van der Waals surface area contributed by atoms with Crippen molar-refractivity contribution in [2.75, 3.05) is 13.1 Å². The first-order chi connectivity index (χ1) is 10.4. The summed E-state index contributed by atoms with van der Waals surface area (Å²) >= 11 is 0. The minimum absolute atomic E-state index is 0.635. The lowest BCUT2D eigenvalue weighted by molar-refractivity contribution is 0.140. The van der Waals surface area contributed by atoms with Crippen LogP contribution in [0.15, 0.2) is 61.2 Å². The maximum atomic E-state index is 4.21. The van der Waals surface area contributed by atoms with E-state index in [4.69, 9.17) is 0 Å². The molecule has 0 radical (unpaired) electrons. The predicted molar refractivity (Wildman–Crippen MR) is 84.0 cm³/mol. The normalized spacial score (nSPS) is 16.0. The van der Waals surface area contributed by atoms with E-state index in [0.29, 0.717) is 5.92 Å². The Kier molecular flexibility index (Phi) is 3.13. The minimum Gasteiger partial charge on any atom is -0.298 e. The predicted octanol–water partition coefficient (Wildman–Crippen LogP) is 3.23. The van der Waals surface area contributed by atoms with Crippen LogP contribution in [0.4, 0.5) is 0 Å². The topological polar surface area (TPSA) is 29.0 Å². The van der Waals surface area contributed by atoms with Crippen LogP contribution in [0.2, 0.25) is 0 Å². The van der Waals surface area contributed by atoms with Crippen molar-refractivity contribution in [3.8, 4) is 0 Å². The van der Waals surface area contributed by atoms with Crippen molar-refractivity contribution in [2.24, 2.45) is 0 Å². The van der Waals surface area contributed by atoms with Gasteiger partial charge in [0, 0.05) is 55.7 Å². The van der Waals surface area contributed by atoms with Gasteiger partial charge < -0.3 is 0 Å². The summed E-state index contributed by atoms with van der Waals surface area (Å²) < 4.78 is 0. The summed E-state index contributed by atoms with van der Waals surface area (Å²) in [6.45, 7) is 3.25. The summed E-state index contributed by atoms with van der Waals surface area (Å²) in [6, 6.07) is 12.8. The van der Waals surface area contributed by atoms with E-state index in [-0.39, 0.29) is 0 Å². The van der Waals surface area contributed by atoms with Crippen LogP contribution in [0.3, 0.4) is 0 Å². The smallest absolute Gasteiger partial charge is 0.0346 e. The number of aromatic nitrogens is 2. The fourth-order valence-corrected chi connectivity index (χ4v) is 3.10. The molecule has 0 amide bonds. The van der Waals surface area contributed by atoms with Gasteiger partial charge in [0.1, 0.15) is 0 Å². The second-order valence-corrected chi connectivity index (χ2v) is 5.69. The van der Waals surface area contributed by atoms with Crippen molar-refractivity contribution in [2.45, 2.75) is 12.5 Å². The van der Waals surface area contributed by atoms with E-state index in [1.54, 1.807) is 0 Å². The molecule has 1 aliphatic heterocycles. The average Bonchev–Trinajstić information content (AvgIpc) is 2.51. The molecule has 104 valence electrons. The summed E-state index contributed by atoms with van der Waals surface area (Å²) in [6.07, 6.45) is 7.64. The van der Waals surface area contributed by atoms with Crippen LogP contribution < -0.4 is 0 Å². The Morgan fingerprint density at radius 1 is 0.952 bits per heavy atom. The molecule has 4 rings (SSSR count). The third kappa shape index (κ3) is 2.41. The van der Waals surface area contributed by atoms with Crippen LogP contribution in [-0.4, -0.2) is 28.0 Å². The van der Waals surface area contributed by atoms with Crippen molar-refractivity contribution in [1.29, 1.82) is 0 Å². The summed E-state index contributed by atoms with van der Waals surface area (Å²) in [5.74, 6) is 0.635. The summed E-state index contributed by atoms with van der Waals surface area (Å²) in [5.41, 5.74) is 2.75. The fourth-order valence-electron chi connectivity index (χ4n) is 3.10. The third-order valence-electron chi connectivity index (χ3n) is 4.28. The highest BCUT2D eigenvalue weighted by Gasteiger charge is 2.28. The zero-order valence-corrected chi connectivity index (χ0v) is 11.8. The second-order valence-electron chi connectivity index (χ2n) is 5.69. The number of nitrogens with zero attached hydrogens (tertiary/aromatic N) is 3. The van der Waals surface area contributed by atoms with Crippen LogP contribution >= 0.6 is 0 Å². The van der Waals surface area contributed by atoms with Crippen LogP contribution in [0.5, 0.6) is 0 Å². The summed E-state index contributed by atoms with van der Waals surface area (Å²) in [7, 11) is 0. The zero-order valence-electron chi connectivity index (χ0n) is 11.8. The molecule has 0 saturated carbocycles. The molecule has 0 N–H and O–H groups in total. The van der Waals surface area contributed by atoms with Crippen molar-refractivity contribution < 1.29 is 0 Å². The van der Waals surface area contributed by atoms with Crippen molar-refractivity contribution in [1.82, 2.24) is 14.9 Å². The quantitative estimate of drug-likeness (QED) is 0.735. The molecule has 1 aliphatic rings. The van der Waals surface area contributed by atoms with Gasteiger partial charge in [0.25, 0.3) is 0 Å². The number of benzene rings is 1. The Labute approximate surface area is 124 Å². The molecule has 1 fully saturated rings. The van der Waals surface area contributed by atoms with Crippen molar-refractivity contribution >= 4 is 10.8 Å². The minimum atomic E-state index is 0.635. The molecular formula is C18H17N3. The van der Waals surface area contributed by atoms with E-state index in [1.165, 1.54) is 21.9 Å². The molecule has 3 heterocycles. The molecule has 3 nitrogen and oxygen atoms in total. The van der Waals surface area contributed by atoms with Gasteiger partial charge in [-0.2, -0.15) is 0 Å². The molecule has 1 saturated heterocycles. The standard InChI is InChI=1S/C18H17N3/c1-3-15-10-20-8-6-18(15)16(4-1)11-21-12-17(13-21)14-5-2-7-19-9-14/h1-10,17H,11-13H2. The first kappa shape index (κ1) is 12.5. The van der Waals surface area contributed by atoms with Gasteiger partial charge in [0.15, 0.2) is 0 Å². The lowest BCUT2D eigenvalue weighted by Crippen LogP contribution is -2.44. The Hall–Kier alpha value is -2.26. The van der Waals surface area contributed by atoms with E-state index < -0.39 is 0 Å². The molecule has 2 aromatic heterocycles. The van der Waals surface area contributed by atoms with Gasteiger partial charge in [-0.1, -0.05) is 24.3 Å². The Bertz CT molecular complexity index is 743. The number of hydrogen-bond donors (Lipinski definition) is 0. The maximum absolute atomic E-state index is 4.21. The third-order valence-corrected chi connectivity index (χ3v) is 4.28. The van der Waals surface area contributed by atoms with E-state index >= 15 is 0 Å². The Morgan fingerprint density at radius 3 is 2.71 bits per heavy atom. The highest BCUT2D eigenvalue weighted by atomic mass is 15.2. The van der Waals surface area contributed by atoms with Crippen LogP contribution in [0.25, 0.3) is 10.8 Å². The van der Waals surface area contributed by atoms with Crippen molar-refractivity contribution in [3.05, 3.63) is 72.3 Å². The largest absolute Gasteiger partial charge is 0.298 e. The van der Waals surface area contributed by atoms with Crippen molar-refractivity contribution in [3.63, 3.8) is 0 Å². The number of pyridine rings is 2. The molecule has 0 aliphatic carbocycles. The van der Waals surface area contributed by atoms with Gasteiger partial charge >= 0.3 is 0 Å². The lowest BCUT2D eigenvalue weighted by atomic mass is 9.92. The van der Waals surface area contributed by atoms with Gasteiger partial charge in [-0.25, -0.2) is 0 Å². The monoisotopic (exact) mass is 275 g/mol. The number of likely N-dealkylation sites (tertiary alicyclic amines) is 1. The van der Waals surface area contributed by atoms with Gasteiger partial charge in [-0.05, 0) is 28.6 Å². The van der Waals surface area contributed by atoms with E-state index in [2.05, 4.69) is 45.2 Å². The molecular weight excluding hydrogens is 258 g/mol. The Morgan fingerprint density at radius 2 is 1.86 bits per heavy atom. The SMILES string of the molecule is c1cncc(C2CN(Cc3cccc4cnccc34)C2)c1. The van der Waals surface area contributed by atoms with E-state index in [0.717, 1.165) is 19.6 Å². The van der Waals surface area contributed by atoms with E-state index in [9.17, 15) is 0 Å². The molecule has 21 heavy (non-hydrogen) atoms. The van der Waals surface area contributed by atoms with Crippen LogP contribution in [0, 0.1) is 0 Å². The molecule has 3 aromatic rings. The fraction of sp³-hybridized carbons (Fsp3) is 0.222. The molecule has 0 spiro atoms. The molecule has 0 atom stereocenters. The Balaban J connectivity index is 1.48. The highest BCUT2D eigenvalue weighted by molar-refractivity contribution is 5.84. The number of rotatable bonds is 3. The average molecular weight is 275 g/mol. The summed E-state index contributed by atoms with van der Waals surface area (Å²) in [5, 5.41) is 2.54. The van der Waals surface area contributed by atoms with Gasteiger partial charge in [-0.15, -0.1) is 0 Å². The number of fused-ring (bicyclic) bond motifs is 1. The maximum Gasteiger partial charge on any atom is 0.0346 e. The molecule has 1 aromatic carbocycles. The molecule has 0 bridgehead atoms. The van der Waals surface area contributed by atoms with E-state index in [1.807, 2.05) is 30.9 Å². The van der Waals surface area contributed by atoms with Crippen LogP contribution in [0.1, 0.15) is 17.0 Å². The first-order valence-corrected chi connectivity index (χ1v) is 7.34. The lowest BCUT2D eigenvalue weighted by Gasteiger charge is -2.39. The highest BCUT2D eigenvalue weighted by Crippen LogP contribution is 2.29. The van der Waals surface area contributed by atoms with Gasteiger partial charge in [0.05, 0.1) is 0 Å². The first-order valence-electron chi connectivity index (χ1n) is 7.34. The molecule has 3 heteroatoms. The van der Waals surface area contributed by atoms with Gasteiger partial charge in [0.2, 0.25) is 0 Å². The second kappa shape index (κ2) is 5.26.